The molecule has 5 nitrogen and oxygen atoms in total. The van der Waals surface area contributed by atoms with Crippen LogP contribution in [0.15, 0.2) is 48.8 Å². The molecule has 1 saturated heterocycles. The lowest BCUT2D eigenvalue weighted by Gasteiger charge is -2.22. The average molecular weight is 341 g/mol. The number of hydrogen-bond acceptors (Lipinski definition) is 5. The van der Waals surface area contributed by atoms with Crippen LogP contribution in [-0.4, -0.2) is 59.3 Å². The number of pyridine rings is 1. The van der Waals surface area contributed by atoms with E-state index in [1.807, 2.05) is 30.6 Å². The Morgan fingerprint density at radius 1 is 0.960 bits per heavy atom. The highest BCUT2D eigenvalue weighted by Gasteiger charge is 2.15. The molecule has 0 aliphatic carbocycles. The molecule has 0 radical (unpaired) electrons. The van der Waals surface area contributed by atoms with Gasteiger partial charge in [0.25, 0.3) is 0 Å². The molecule has 134 valence electrons. The van der Waals surface area contributed by atoms with Crippen molar-refractivity contribution in [2.75, 3.05) is 39.4 Å². The van der Waals surface area contributed by atoms with E-state index in [0.29, 0.717) is 6.61 Å². The van der Waals surface area contributed by atoms with Gasteiger partial charge in [0.05, 0.1) is 6.61 Å². The summed E-state index contributed by atoms with van der Waals surface area (Å²) in [5.41, 5.74) is 2.54. The third-order valence-electron chi connectivity index (χ3n) is 4.47. The lowest BCUT2D eigenvalue weighted by Crippen LogP contribution is -2.30. The summed E-state index contributed by atoms with van der Waals surface area (Å²) in [6.07, 6.45) is 4.97. The number of aromatic nitrogens is 1. The molecule has 1 N–H and O–H groups in total. The van der Waals surface area contributed by atoms with E-state index in [0.717, 1.165) is 45.0 Å². The zero-order valence-corrected chi connectivity index (χ0v) is 14.7. The summed E-state index contributed by atoms with van der Waals surface area (Å²) in [5, 5.41) is 8.88. The molecule has 0 atom stereocenters. The summed E-state index contributed by atoms with van der Waals surface area (Å²) < 4.78 is 5.51. The Bertz CT molecular complexity index is 636. The molecule has 1 fully saturated rings. The van der Waals surface area contributed by atoms with Gasteiger partial charge in [0, 0.05) is 38.6 Å². The van der Waals surface area contributed by atoms with Crippen LogP contribution < -0.4 is 4.74 Å². The summed E-state index contributed by atoms with van der Waals surface area (Å²) in [5.74, 6) is 0.833. The second kappa shape index (κ2) is 9.51. The monoisotopic (exact) mass is 341 g/mol. The SMILES string of the molecule is OCCOc1cccc(CN2CCCN(Cc3cccnc3)CC2)c1. The first kappa shape index (κ1) is 17.9. The van der Waals surface area contributed by atoms with Crippen LogP contribution in [0.2, 0.25) is 0 Å². The molecular formula is C20H27N3O2. The molecular weight excluding hydrogens is 314 g/mol. The number of aliphatic hydroxyl groups is 1. The van der Waals surface area contributed by atoms with Gasteiger partial charge in [0.15, 0.2) is 0 Å². The number of benzene rings is 1. The van der Waals surface area contributed by atoms with Gasteiger partial charge in [-0.1, -0.05) is 18.2 Å². The zero-order chi connectivity index (χ0) is 17.3. The van der Waals surface area contributed by atoms with Crippen molar-refractivity contribution >= 4 is 0 Å². The van der Waals surface area contributed by atoms with Gasteiger partial charge >= 0.3 is 0 Å². The smallest absolute Gasteiger partial charge is 0.119 e. The van der Waals surface area contributed by atoms with Crippen molar-refractivity contribution in [2.45, 2.75) is 19.5 Å². The Hall–Kier alpha value is -1.95. The normalized spacial score (nSPS) is 16.5. The highest BCUT2D eigenvalue weighted by atomic mass is 16.5. The van der Waals surface area contributed by atoms with Gasteiger partial charge in [-0.3, -0.25) is 14.8 Å². The van der Waals surface area contributed by atoms with Crippen molar-refractivity contribution in [2.24, 2.45) is 0 Å². The number of aliphatic hydroxyl groups excluding tert-OH is 1. The molecule has 25 heavy (non-hydrogen) atoms. The van der Waals surface area contributed by atoms with Crippen LogP contribution >= 0.6 is 0 Å². The fraction of sp³-hybridized carbons (Fsp3) is 0.450. The van der Waals surface area contributed by atoms with E-state index >= 15 is 0 Å². The lowest BCUT2D eigenvalue weighted by atomic mass is 10.2. The molecule has 0 unspecified atom stereocenters. The van der Waals surface area contributed by atoms with Crippen LogP contribution in [0.4, 0.5) is 0 Å². The third kappa shape index (κ3) is 5.81. The van der Waals surface area contributed by atoms with Crippen LogP contribution in [0, 0.1) is 0 Å². The Kier molecular flexibility index (Phi) is 6.79. The van der Waals surface area contributed by atoms with E-state index in [1.165, 1.54) is 17.5 Å². The fourth-order valence-corrected chi connectivity index (χ4v) is 3.25. The quantitative estimate of drug-likeness (QED) is 0.836. The summed E-state index contributed by atoms with van der Waals surface area (Å²) >= 11 is 0. The van der Waals surface area contributed by atoms with Crippen molar-refractivity contribution < 1.29 is 9.84 Å². The lowest BCUT2D eigenvalue weighted by molar-refractivity contribution is 0.201. The number of nitrogens with zero attached hydrogens (tertiary/aromatic N) is 3. The van der Waals surface area contributed by atoms with Crippen molar-refractivity contribution in [3.63, 3.8) is 0 Å². The fourth-order valence-electron chi connectivity index (χ4n) is 3.25. The maximum atomic E-state index is 8.88. The molecule has 3 rings (SSSR count). The van der Waals surface area contributed by atoms with Crippen molar-refractivity contribution in [3.05, 3.63) is 59.9 Å². The second-order valence-corrected chi connectivity index (χ2v) is 6.49. The predicted octanol–water partition coefficient (Wildman–Crippen LogP) is 2.16. The molecule has 0 spiro atoms. The summed E-state index contributed by atoms with van der Waals surface area (Å²) in [6, 6.07) is 12.3. The average Bonchev–Trinajstić information content (AvgIpc) is 2.86. The molecule has 0 amide bonds. The Labute approximate surface area is 149 Å². The van der Waals surface area contributed by atoms with E-state index < -0.39 is 0 Å². The summed E-state index contributed by atoms with van der Waals surface area (Å²) in [7, 11) is 0. The first-order valence-corrected chi connectivity index (χ1v) is 9.00. The maximum absolute atomic E-state index is 8.88. The second-order valence-electron chi connectivity index (χ2n) is 6.49. The minimum Gasteiger partial charge on any atom is -0.491 e. The van der Waals surface area contributed by atoms with E-state index in [2.05, 4.69) is 33.0 Å². The molecule has 2 aromatic rings. The summed E-state index contributed by atoms with van der Waals surface area (Å²) in [6.45, 7) is 6.71. The summed E-state index contributed by atoms with van der Waals surface area (Å²) in [4.78, 5) is 9.23. The third-order valence-corrected chi connectivity index (χ3v) is 4.47. The van der Waals surface area contributed by atoms with Crippen LogP contribution in [0.25, 0.3) is 0 Å². The Balaban J connectivity index is 1.51. The highest BCUT2D eigenvalue weighted by Crippen LogP contribution is 2.16. The molecule has 1 aliphatic heterocycles. The van der Waals surface area contributed by atoms with E-state index in [4.69, 9.17) is 9.84 Å². The van der Waals surface area contributed by atoms with E-state index in [-0.39, 0.29) is 6.61 Å². The molecule has 1 aromatic heterocycles. The van der Waals surface area contributed by atoms with Gasteiger partial charge in [-0.2, -0.15) is 0 Å². The standard InChI is InChI=1S/C20H27N3O2/c24-12-13-25-20-6-1-4-18(14-20)16-22-8-3-9-23(11-10-22)17-19-5-2-7-21-15-19/h1-2,4-7,14-15,24H,3,8-13,16-17H2. The largest absolute Gasteiger partial charge is 0.491 e. The maximum Gasteiger partial charge on any atom is 0.119 e. The zero-order valence-electron chi connectivity index (χ0n) is 14.7. The number of hydrogen-bond donors (Lipinski definition) is 1. The van der Waals surface area contributed by atoms with Gasteiger partial charge in [-0.25, -0.2) is 0 Å². The minimum absolute atomic E-state index is 0.0448. The molecule has 1 aliphatic rings. The number of ether oxygens (including phenoxy) is 1. The van der Waals surface area contributed by atoms with Gasteiger partial charge in [0.2, 0.25) is 0 Å². The Morgan fingerprint density at radius 2 is 1.72 bits per heavy atom. The molecule has 1 aromatic carbocycles. The van der Waals surface area contributed by atoms with Crippen LogP contribution in [0.3, 0.4) is 0 Å². The molecule has 0 saturated carbocycles. The van der Waals surface area contributed by atoms with E-state index in [1.54, 1.807) is 0 Å². The van der Waals surface area contributed by atoms with Gasteiger partial charge in [0.1, 0.15) is 12.4 Å². The molecule has 0 bridgehead atoms. The van der Waals surface area contributed by atoms with Crippen LogP contribution in [0.1, 0.15) is 17.5 Å². The first-order valence-electron chi connectivity index (χ1n) is 9.00. The van der Waals surface area contributed by atoms with E-state index in [9.17, 15) is 0 Å². The first-order chi connectivity index (χ1) is 12.3. The predicted molar refractivity (Wildman–Crippen MR) is 98.4 cm³/mol. The van der Waals surface area contributed by atoms with Gasteiger partial charge in [-0.05, 0) is 48.8 Å². The molecule has 2 heterocycles. The van der Waals surface area contributed by atoms with Crippen molar-refractivity contribution in [1.29, 1.82) is 0 Å². The van der Waals surface area contributed by atoms with Gasteiger partial charge < -0.3 is 9.84 Å². The molecule has 5 heteroatoms. The highest BCUT2D eigenvalue weighted by molar-refractivity contribution is 5.28. The topological polar surface area (TPSA) is 48.8 Å². The number of rotatable bonds is 7. The van der Waals surface area contributed by atoms with Crippen molar-refractivity contribution in [1.82, 2.24) is 14.8 Å². The van der Waals surface area contributed by atoms with Crippen molar-refractivity contribution in [3.8, 4) is 5.75 Å². The van der Waals surface area contributed by atoms with Gasteiger partial charge in [-0.15, -0.1) is 0 Å². The Morgan fingerprint density at radius 3 is 2.44 bits per heavy atom. The van der Waals surface area contributed by atoms with Crippen LogP contribution in [0.5, 0.6) is 5.75 Å². The minimum atomic E-state index is 0.0448. The van der Waals surface area contributed by atoms with Crippen LogP contribution in [-0.2, 0) is 13.1 Å².